The van der Waals surface area contributed by atoms with Gasteiger partial charge in [-0.05, 0) is 119 Å². The molecule has 6 nitrogen and oxygen atoms in total. The van der Waals surface area contributed by atoms with E-state index in [0.717, 1.165) is 66.9 Å². The summed E-state index contributed by atoms with van der Waals surface area (Å²) in [5, 5.41) is 12.0. The van der Waals surface area contributed by atoms with Crippen LogP contribution in [0.5, 0.6) is 0 Å². The van der Waals surface area contributed by atoms with Gasteiger partial charge in [0.1, 0.15) is 0 Å². The van der Waals surface area contributed by atoms with Crippen LogP contribution in [0.4, 0.5) is 11.4 Å². The number of hydrogen-bond donors (Lipinski definition) is 0. The van der Waals surface area contributed by atoms with Crippen molar-refractivity contribution in [2.45, 2.75) is 39.9 Å². The molecule has 0 spiro atoms. The first-order valence-corrected chi connectivity index (χ1v) is 23.3. The SMILES string of the molecule is CC1CC(/C=C/c2ccccc2)C2CN(c3ccc(C(=O)OCc4ccc[cH-]4)cc3)CC12.CC1CC(/C=C/c2ccccc2)C2CN(c3ccc(COC([O-])=C4C=CC=C4)cc3)CC12.[Fe+2]. The summed E-state index contributed by atoms with van der Waals surface area (Å²) in [6.07, 6.45) is 19.3. The molecule has 4 fully saturated rings. The first-order valence-electron chi connectivity index (χ1n) is 23.3. The number of esters is 1. The minimum absolute atomic E-state index is 0. The van der Waals surface area contributed by atoms with E-state index in [4.69, 9.17) is 9.47 Å². The number of benzene rings is 4. The van der Waals surface area contributed by atoms with Gasteiger partial charge in [0.05, 0.1) is 18.1 Å². The van der Waals surface area contributed by atoms with Crippen molar-refractivity contribution in [3.8, 4) is 0 Å². The first-order chi connectivity index (χ1) is 31.3. The van der Waals surface area contributed by atoms with Gasteiger partial charge in [-0.25, -0.2) is 16.9 Å². The van der Waals surface area contributed by atoms with Crippen molar-refractivity contribution in [3.63, 3.8) is 0 Å². The van der Waals surface area contributed by atoms with Crippen LogP contribution < -0.4 is 14.9 Å². The van der Waals surface area contributed by atoms with Crippen LogP contribution in [-0.4, -0.2) is 32.1 Å². The van der Waals surface area contributed by atoms with Crippen LogP contribution in [0.3, 0.4) is 0 Å². The minimum atomic E-state index is -0.268. The molecule has 2 heterocycles. The third kappa shape index (κ3) is 11.2. The van der Waals surface area contributed by atoms with Crippen LogP contribution >= 0.6 is 0 Å². The molecule has 2 aliphatic heterocycles. The standard InChI is InChI=1S/C29H31NO2.C29H30NO2.Fe/c1-21-17-25(14-11-22-7-3-2-4-8-22)28-19-30(18-27(21)28)26-15-12-23(13-16-26)20-32-29(31)24-9-5-6-10-24;1-21-17-25(12-11-22-7-3-2-4-8-22)28-19-30(18-27(21)28)26-15-13-24(14-16-26)29(31)32-20-23-9-5-6-10-23;/h2-16,21,25,27-28,31H,17-20H2,1H3;2-16,21,25,27-28H,17-20H2,1H3;/q;-1;+2/p-1/b14-11+;12-11+;. The predicted octanol–water partition coefficient (Wildman–Crippen LogP) is 11.5. The van der Waals surface area contributed by atoms with Gasteiger partial charge in [-0.2, -0.15) is 12.1 Å². The van der Waals surface area contributed by atoms with Gasteiger partial charge in [-0.1, -0.05) is 135 Å². The second-order valence-corrected chi connectivity index (χ2v) is 18.6. The Labute approximate surface area is 396 Å². The van der Waals surface area contributed by atoms with Crippen LogP contribution in [0.1, 0.15) is 59.3 Å². The fourth-order valence-corrected chi connectivity index (χ4v) is 10.9. The number of hydrogen-bond acceptors (Lipinski definition) is 6. The quantitative estimate of drug-likeness (QED) is 0.0538. The second-order valence-electron chi connectivity index (χ2n) is 18.6. The molecular weight excluding hydrogens is 844 g/mol. The Balaban J connectivity index is 0.000000175. The molecule has 0 bridgehead atoms. The van der Waals surface area contributed by atoms with E-state index in [1.165, 1.54) is 35.3 Å². The van der Waals surface area contributed by atoms with Crippen molar-refractivity contribution in [2.75, 3.05) is 36.0 Å². The van der Waals surface area contributed by atoms with E-state index in [0.29, 0.717) is 42.1 Å². The molecule has 65 heavy (non-hydrogen) atoms. The number of carbonyl (C=O) groups is 1. The van der Waals surface area contributed by atoms with Gasteiger partial charge in [0.25, 0.3) is 0 Å². The molecule has 5 aliphatic rings. The summed E-state index contributed by atoms with van der Waals surface area (Å²) < 4.78 is 10.9. The van der Waals surface area contributed by atoms with Crippen LogP contribution in [0.15, 0.2) is 181 Å². The monoisotopic (exact) mass is 904 g/mol. The topological polar surface area (TPSA) is 65.1 Å². The first kappa shape index (κ1) is 45.7. The summed E-state index contributed by atoms with van der Waals surface area (Å²) >= 11 is 0. The third-order valence-electron chi connectivity index (χ3n) is 14.5. The van der Waals surface area contributed by atoms with Gasteiger partial charge in [0, 0.05) is 44.2 Å². The molecule has 8 atom stereocenters. The summed E-state index contributed by atoms with van der Waals surface area (Å²) in [6, 6.07) is 45.5. The van der Waals surface area contributed by atoms with E-state index in [-0.39, 0.29) is 29.0 Å². The molecule has 7 heteroatoms. The van der Waals surface area contributed by atoms with Crippen molar-refractivity contribution >= 4 is 29.5 Å². The predicted molar refractivity (Wildman–Crippen MR) is 258 cm³/mol. The summed E-state index contributed by atoms with van der Waals surface area (Å²) in [5.41, 5.74) is 8.28. The average Bonchev–Trinajstić information content (AvgIpc) is 4.21. The molecule has 0 aromatic heterocycles. The number of rotatable bonds is 12. The molecule has 2 saturated carbocycles. The molecule has 0 amide bonds. The Bertz CT molecular complexity index is 2440. The van der Waals surface area contributed by atoms with Crippen molar-refractivity contribution in [3.05, 3.63) is 209 Å². The smallest absolute Gasteiger partial charge is 0.608 e. The molecule has 0 radical (unpaired) electrons. The van der Waals surface area contributed by atoms with Crippen LogP contribution in [-0.2, 0) is 39.8 Å². The van der Waals surface area contributed by atoms with Gasteiger partial charge in [-0.3, -0.25) is 0 Å². The van der Waals surface area contributed by atoms with E-state index in [2.05, 4.69) is 145 Å². The Morgan fingerprint density at radius 1 is 0.631 bits per heavy atom. The van der Waals surface area contributed by atoms with Crippen LogP contribution in [0.25, 0.3) is 12.2 Å². The van der Waals surface area contributed by atoms with Gasteiger partial charge in [0.15, 0.2) is 0 Å². The van der Waals surface area contributed by atoms with Crippen molar-refractivity contribution in [2.24, 2.45) is 47.3 Å². The number of allylic oxidation sites excluding steroid dienone is 7. The van der Waals surface area contributed by atoms with Gasteiger partial charge >= 0.3 is 23.0 Å². The van der Waals surface area contributed by atoms with Crippen molar-refractivity contribution in [1.29, 1.82) is 0 Å². The molecule has 8 unspecified atom stereocenters. The van der Waals surface area contributed by atoms with E-state index >= 15 is 0 Å². The van der Waals surface area contributed by atoms with Crippen LogP contribution in [0, 0.1) is 47.3 Å². The largest absolute Gasteiger partial charge is 2.00 e. The normalized spacial score (nSPS) is 25.1. The molecule has 5 aromatic rings. The average molecular weight is 905 g/mol. The minimum Gasteiger partial charge on any atom is -0.608 e. The van der Waals surface area contributed by atoms with E-state index in [1.807, 2.05) is 48.6 Å². The molecular formula is C58H60FeN2O4. The number of fused-ring (bicyclic) bond motifs is 2. The number of nitrogens with zero attached hydrogens (tertiary/aromatic N) is 2. The van der Waals surface area contributed by atoms with Gasteiger partial charge in [0.2, 0.25) is 0 Å². The Morgan fingerprint density at radius 3 is 1.65 bits per heavy atom. The third-order valence-corrected chi connectivity index (χ3v) is 14.5. The summed E-state index contributed by atoms with van der Waals surface area (Å²) in [5.74, 6) is 5.13. The zero-order chi connectivity index (χ0) is 43.8. The van der Waals surface area contributed by atoms with Gasteiger partial charge in [-0.15, -0.1) is 5.56 Å². The Morgan fingerprint density at radius 2 is 1.14 bits per heavy atom. The maximum atomic E-state index is 12.4. The zero-order valence-electron chi connectivity index (χ0n) is 37.5. The van der Waals surface area contributed by atoms with Crippen LogP contribution in [0.2, 0.25) is 0 Å². The maximum Gasteiger partial charge on any atom is 2.00 e. The Hall–Kier alpha value is -5.88. The molecule has 3 aliphatic carbocycles. The molecule has 0 N–H and O–H groups in total. The van der Waals surface area contributed by atoms with E-state index < -0.39 is 0 Å². The summed E-state index contributed by atoms with van der Waals surface area (Å²) in [6.45, 7) is 9.88. The molecule has 5 aromatic carbocycles. The van der Waals surface area contributed by atoms with Crippen molar-refractivity contribution in [1.82, 2.24) is 0 Å². The van der Waals surface area contributed by atoms with E-state index in [9.17, 15) is 9.90 Å². The number of anilines is 2. The summed E-state index contributed by atoms with van der Waals surface area (Å²) in [7, 11) is 0. The zero-order valence-corrected chi connectivity index (χ0v) is 38.6. The molecule has 10 rings (SSSR count). The molecule has 2 saturated heterocycles. The van der Waals surface area contributed by atoms with Gasteiger partial charge < -0.3 is 24.4 Å². The fourth-order valence-electron chi connectivity index (χ4n) is 10.9. The maximum absolute atomic E-state index is 12.4. The number of ether oxygens (including phenoxy) is 2. The fraction of sp³-hybridized carbons (Fsp3) is 0.310. The Kier molecular flexibility index (Phi) is 15.0. The summed E-state index contributed by atoms with van der Waals surface area (Å²) in [4.78, 5) is 17.4. The van der Waals surface area contributed by atoms with Crippen molar-refractivity contribution < 1.29 is 36.4 Å². The van der Waals surface area contributed by atoms with E-state index in [1.54, 1.807) is 12.2 Å². The second kappa shape index (κ2) is 21.4. The number of carbonyl (C=O) groups excluding carboxylic acids is 1. The molecule has 334 valence electrons.